The summed E-state index contributed by atoms with van der Waals surface area (Å²) in [5, 5.41) is 17.4. The molecule has 14 heavy (non-hydrogen) atoms. The minimum Gasteiger partial charge on any atom is -0.358 e. The summed E-state index contributed by atoms with van der Waals surface area (Å²) in [5.74, 6) is 0. The van der Waals surface area contributed by atoms with E-state index < -0.39 is 0 Å². The Hall–Kier alpha value is -2.00. The number of rotatable bonds is 1. The Morgan fingerprint density at radius 3 is 2.21 bits per heavy atom. The van der Waals surface area contributed by atoms with Crippen molar-refractivity contribution < 1.29 is 0 Å². The van der Waals surface area contributed by atoms with Crippen molar-refractivity contribution >= 4 is 5.57 Å². The highest BCUT2D eigenvalue weighted by Gasteiger charge is 2.10. The molecule has 0 aliphatic rings. The smallest absolute Gasteiger partial charge is 0.102 e. The Labute approximate surface area is 83.3 Å². The van der Waals surface area contributed by atoms with Crippen molar-refractivity contribution in [2.75, 3.05) is 0 Å². The van der Waals surface area contributed by atoms with Gasteiger partial charge in [0.25, 0.3) is 0 Å². The van der Waals surface area contributed by atoms with E-state index in [1.807, 2.05) is 32.9 Å². The third-order valence-corrected chi connectivity index (χ3v) is 2.41. The number of aryl methyl sites for hydroxylation is 1. The first kappa shape index (κ1) is 10.1. The van der Waals surface area contributed by atoms with Gasteiger partial charge in [0.05, 0.1) is 17.3 Å². The number of nitrogens with one attached hydrogen (secondary N) is 1. The molecule has 1 heterocycles. The molecule has 0 atom stereocenters. The Balaban J connectivity index is 3.35. The van der Waals surface area contributed by atoms with Gasteiger partial charge in [0.15, 0.2) is 0 Å². The summed E-state index contributed by atoms with van der Waals surface area (Å²) in [6.07, 6.45) is 1.26. The molecule has 0 amide bonds. The average Bonchev–Trinajstić information content (AvgIpc) is 2.42. The van der Waals surface area contributed by atoms with Crippen LogP contribution in [0.5, 0.6) is 0 Å². The minimum absolute atomic E-state index is 0.390. The summed E-state index contributed by atoms with van der Waals surface area (Å²) in [5.41, 5.74) is 4.35. The largest absolute Gasteiger partial charge is 0.358 e. The molecule has 0 radical (unpaired) electrons. The molecule has 0 aliphatic carbocycles. The molecule has 0 saturated carbocycles. The van der Waals surface area contributed by atoms with Crippen molar-refractivity contribution in [3.05, 3.63) is 28.6 Å². The third-order valence-electron chi connectivity index (χ3n) is 2.41. The zero-order valence-corrected chi connectivity index (χ0v) is 8.47. The van der Waals surface area contributed by atoms with Gasteiger partial charge < -0.3 is 4.98 Å². The molecular formula is C11H11N3. The van der Waals surface area contributed by atoms with E-state index >= 15 is 0 Å². The number of hydrogen-bond acceptors (Lipinski definition) is 2. The maximum absolute atomic E-state index is 8.85. The first-order valence-electron chi connectivity index (χ1n) is 4.27. The first-order chi connectivity index (χ1) is 6.61. The summed E-state index contributed by atoms with van der Waals surface area (Å²) in [4.78, 5) is 3.11. The zero-order chi connectivity index (χ0) is 10.7. The maximum Gasteiger partial charge on any atom is 0.102 e. The van der Waals surface area contributed by atoms with Gasteiger partial charge in [-0.15, -0.1) is 0 Å². The van der Waals surface area contributed by atoms with Crippen molar-refractivity contribution in [3.63, 3.8) is 0 Å². The fourth-order valence-corrected chi connectivity index (χ4v) is 1.34. The predicted molar refractivity (Wildman–Crippen MR) is 54.2 cm³/mol. The summed E-state index contributed by atoms with van der Waals surface area (Å²) < 4.78 is 0. The maximum atomic E-state index is 8.85. The molecule has 0 spiro atoms. The third kappa shape index (κ3) is 1.53. The monoisotopic (exact) mass is 185 g/mol. The lowest BCUT2D eigenvalue weighted by molar-refractivity contribution is 1.21. The lowest BCUT2D eigenvalue weighted by Crippen LogP contribution is -1.84. The summed E-state index contributed by atoms with van der Waals surface area (Å²) in [6.45, 7) is 5.88. The van der Waals surface area contributed by atoms with Crippen LogP contribution in [0, 0.1) is 43.4 Å². The topological polar surface area (TPSA) is 63.4 Å². The van der Waals surface area contributed by atoms with Crippen LogP contribution < -0.4 is 0 Å². The Morgan fingerprint density at radius 2 is 1.86 bits per heavy atom. The highest BCUT2D eigenvalue weighted by Crippen LogP contribution is 2.22. The molecule has 1 aromatic rings. The van der Waals surface area contributed by atoms with Crippen LogP contribution in [0.1, 0.15) is 22.5 Å². The van der Waals surface area contributed by atoms with Gasteiger partial charge >= 0.3 is 0 Å². The van der Waals surface area contributed by atoms with Crippen molar-refractivity contribution in [3.8, 4) is 12.1 Å². The summed E-state index contributed by atoms with van der Waals surface area (Å²) in [7, 11) is 0. The van der Waals surface area contributed by atoms with Gasteiger partial charge in [-0.25, -0.2) is 0 Å². The highest BCUT2D eigenvalue weighted by molar-refractivity contribution is 5.78. The van der Waals surface area contributed by atoms with E-state index in [1.165, 1.54) is 6.08 Å². The molecule has 0 fully saturated rings. The predicted octanol–water partition coefficient (Wildman–Crippen LogP) is 2.37. The van der Waals surface area contributed by atoms with Crippen LogP contribution in [0.25, 0.3) is 5.57 Å². The SMILES string of the molecule is Cc1[nH]c(/C(C#N)=C\C#N)c(C)c1C. The standard InChI is InChI=1S/C11H11N3/c1-7-8(2)11(14-9(7)3)10(6-13)4-5-12/h4,14H,1-3H3/b10-4-. The van der Waals surface area contributed by atoms with E-state index in [4.69, 9.17) is 10.5 Å². The second-order valence-electron chi connectivity index (χ2n) is 3.17. The van der Waals surface area contributed by atoms with Gasteiger partial charge in [0, 0.05) is 11.8 Å². The normalized spacial score (nSPS) is 10.8. The molecule has 1 aromatic heterocycles. The van der Waals surface area contributed by atoms with Crippen LogP contribution in [0.3, 0.4) is 0 Å². The van der Waals surface area contributed by atoms with E-state index in [2.05, 4.69) is 4.98 Å². The van der Waals surface area contributed by atoms with Crippen LogP contribution in [0.15, 0.2) is 6.08 Å². The highest BCUT2D eigenvalue weighted by atomic mass is 14.7. The molecule has 0 aliphatic heterocycles. The van der Waals surface area contributed by atoms with Crippen LogP contribution >= 0.6 is 0 Å². The van der Waals surface area contributed by atoms with Crippen LogP contribution in [-0.4, -0.2) is 4.98 Å². The molecule has 0 aromatic carbocycles. The van der Waals surface area contributed by atoms with Gasteiger partial charge in [-0.05, 0) is 31.9 Å². The van der Waals surface area contributed by atoms with E-state index in [0.29, 0.717) is 5.57 Å². The van der Waals surface area contributed by atoms with Gasteiger partial charge in [-0.1, -0.05) is 0 Å². The number of nitrogens with zero attached hydrogens (tertiary/aromatic N) is 2. The number of aromatic nitrogens is 1. The van der Waals surface area contributed by atoms with E-state index in [0.717, 1.165) is 22.5 Å². The molecule has 3 nitrogen and oxygen atoms in total. The molecule has 0 bridgehead atoms. The Morgan fingerprint density at radius 1 is 1.21 bits per heavy atom. The van der Waals surface area contributed by atoms with Crippen LogP contribution in [0.4, 0.5) is 0 Å². The number of H-pyrrole nitrogens is 1. The first-order valence-corrected chi connectivity index (χ1v) is 4.27. The van der Waals surface area contributed by atoms with E-state index in [1.54, 1.807) is 0 Å². The molecule has 1 N–H and O–H groups in total. The molecular weight excluding hydrogens is 174 g/mol. The van der Waals surface area contributed by atoms with Gasteiger partial charge in [0.1, 0.15) is 6.07 Å². The van der Waals surface area contributed by atoms with Crippen molar-refractivity contribution in [1.29, 1.82) is 10.5 Å². The molecule has 0 unspecified atom stereocenters. The van der Waals surface area contributed by atoms with Gasteiger partial charge in [-0.3, -0.25) is 0 Å². The quantitative estimate of drug-likeness (QED) is 0.682. The zero-order valence-electron chi connectivity index (χ0n) is 8.47. The number of nitriles is 2. The van der Waals surface area contributed by atoms with E-state index in [-0.39, 0.29) is 0 Å². The summed E-state index contributed by atoms with van der Waals surface area (Å²) in [6, 6.07) is 3.88. The fourth-order valence-electron chi connectivity index (χ4n) is 1.34. The fraction of sp³-hybridized carbons (Fsp3) is 0.273. The Kier molecular flexibility index (Phi) is 2.74. The molecule has 3 heteroatoms. The number of aromatic amines is 1. The minimum atomic E-state index is 0.390. The van der Waals surface area contributed by atoms with E-state index in [9.17, 15) is 0 Å². The van der Waals surface area contributed by atoms with Crippen LogP contribution in [0.2, 0.25) is 0 Å². The second-order valence-corrected chi connectivity index (χ2v) is 3.17. The van der Waals surface area contributed by atoms with Crippen molar-refractivity contribution in [2.45, 2.75) is 20.8 Å². The van der Waals surface area contributed by atoms with Crippen molar-refractivity contribution in [2.24, 2.45) is 0 Å². The van der Waals surface area contributed by atoms with Crippen LogP contribution in [-0.2, 0) is 0 Å². The number of hydrogen-bond donors (Lipinski definition) is 1. The average molecular weight is 185 g/mol. The Bertz CT molecular complexity index is 464. The second kappa shape index (κ2) is 3.81. The van der Waals surface area contributed by atoms with Gasteiger partial charge in [0.2, 0.25) is 0 Å². The molecule has 70 valence electrons. The summed E-state index contributed by atoms with van der Waals surface area (Å²) >= 11 is 0. The lowest BCUT2D eigenvalue weighted by atomic mass is 10.1. The van der Waals surface area contributed by atoms with Crippen molar-refractivity contribution in [1.82, 2.24) is 4.98 Å². The molecule has 1 rings (SSSR count). The van der Waals surface area contributed by atoms with Gasteiger partial charge in [-0.2, -0.15) is 10.5 Å². The number of allylic oxidation sites excluding steroid dienone is 2. The lowest BCUT2D eigenvalue weighted by Gasteiger charge is -1.95. The molecule has 0 saturated heterocycles.